The summed E-state index contributed by atoms with van der Waals surface area (Å²) in [6.07, 6.45) is 7.21. The monoisotopic (exact) mass is 243 g/mol. The Kier molecular flexibility index (Phi) is 4.55. The molecule has 2 bridgehead atoms. The molecule has 0 N–H and O–H groups in total. The van der Waals surface area contributed by atoms with Gasteiger partial charge in [-0.1, -0.05) is 6.42 Å². The van der Waals surface area contributed by atoms with Crippen molar-refractivity contribution in [2.24, 2.45) is 17.8 Å². The van der Waals surface area contributed by atoms with Gasteiger partial charge in [0.25, 0.3) is 0 Å². The van der Waals surface area contributed by atoms with Crippen LogP contribution in [0, 0.1) is 17.8 Å². The maximum atomic E-state index is 5.80. The zero-order valence-electron chi connectivity index (χ0n) is 10.8. The second-order valence-corrected chi connectivity index (χ2v) is 6.44. The van der Waals surface area contributed by atoms with Gasteiger partial charge in [0.05, 0.1) is 0 Å². The molecule has 2 aliphatic rings. The zero-order chi connectivity index (χ0) is 11.5. The fourth-order valence-corrected chi connectivity index (χ4v) is 3.84. The molecule has 0 aromatic rings. The Morgan fingerprint density at radius 3 is 2.56 bits per heavy atom. The number of nitrogens with zero attached hydrogens (tertiary/aromatic N) is 1. The SMILES string of the molecule is CC(C)N(CCCCl)CC1CC2CCC1C2. The molecule has 1 nitrogen and oxygen atoms in total. The van der Waals surface area contributed by atoms with Crippen molar-refractivity contribution in [3.05, 3.63) is 0 Å². The largest absolute Gasteiger partial charge is 0.301 e. The Labute approximate surface area is 106 Å². The highest BCUT2D eigenvalue weighted by atomic mass is 35.5. The predicted octanol–water partition coefficient (Wildman–Crippen LogP) is 3.76. The van der Waals surface area contributed by atoms with Gasteiger partial charge in [0.15, 0.2) is 0 Å². The van der Waals surface area contributed by atoms with Gasteiger partial charge in [-0.15, -0.1) is 11.6 Å². The van der Waals surface area contributed by atoms with E-state index in [1.807, 2.05) is 0 Å². The van der Waals surface area contributed by atoms with Crippen molar-refractivity contribution in [2.45, 2.75) is 52.0 Å². The second-order valence-electron chi connectivity index (χ2n) is 6.07. The molecule has 3 atom stereocenters. The van der Waals surface area contributed by atoms with Crippen LogP contribution in [0.5, 0.6) is 0 Å². The minimum absolute atomic E-state index is 0.683. The molecule has 0 aromatic carbocycles. The molecule has 2 heteroatoms. The van der Waals surface area contributed by atoms with Gasteiger partial charge in [-0.05, 0) is 63.8 Å². The Bertz CT molecular complexity index is 217. The minimum atomic E-state index is 0.683. The summed E-state index contributed by atoms with van der Waals surface area (Å²) >= 11 is 5.80. The van der Waals surface area contributed by atoms with Crippen LogP contribution in [0.4, 0.5) is 0 Å². The Hall–Kier alpha value is 0.250. The van der Waals surface area contributed by atoms with E-state index in [1.54, 1.807) is 0 Å². The molecule has 2 rings (SSSR count). The smallest absolute Gasteiger partial charge is 0.0235 e. The van der Waals surface area contributed by atoms with E-state index < -0.39 is 0 Å². The van der Waals surface area contributed by atoms with E-state index in [-0.39, 0.29) is 0 Å². The number of hydrogen-bond acceptors (Lipinski definition) is 1. The summed E-state index contributed by atoms with van der Waals surface area (Å²) in [4.78, 5) is 2.65. The molecule has 2 fully saturated rings. The number of rotatable bonds is 6. The summed E-state index contributed by atoms with van der Waals surface area (Å²) in [7, 11) is 0. The summed E-state index contributed by atoms with van der Waals surface area (Å²) in [5, 5.41) is 0. The molecule has 0 amide bonds. The van der Waals surface area contributed by atoms with Crippen LogP contribution in [0.1, 0.15) is 46.0 Å². The van der Waals surface area contributed by atoms with E-state index in [2.05, 4.69) is 18.7 Å². The number of halogens is 1. The fraction of sp³-hybridized carbons (Fsp3) is 1.00. The van der Waals surface area contributed by atoms with E-state index in [1.165, 1.54) is 38.8 Å². The standard InChI is InChI=1S/C14H26ClN/c1-11(2)16(7-3-6-15)10-14-9-12-4-5-13(14)8-12/h11-14H,3-10H2,1-2H3. The van der Waals surface area contributed by atoms with Crippen LogP contribution in [0.2, 0.25) is 0 Å². The molecule has 0 radical (unpaired) electrons. The molecule has 0 aliphatic heterocycles. The highest BCUT2D eigenvalue weighted by molar-refractivity contribution is 6.17. The highest BCUT2D eigenvalue weighted by Crippen LogP contribution is 2.48. The van der Waals surface area contributed by atoms with Crippen LogP contribution in [0.25, 0.3) is 0 Å². The lowest BCUT2D eigenvalue weighted by Gasteiger charge is -2.32. The van der Waals surface area contributed by atoms with E-state index in [9.17, 15) is 0 Å². The van der Waals surface area contributed by atoms with Crippen molar-refractivity contribution < 1.29 is 0 Å². The van der Waals surface area contributed by atoms with Crippen LogP contribution in [-0.4, -0.2) is 29.9 Å². The first-order valence-electron chi connectivity index (χ1n) is 7.00. The first-order chi connectivity index (χ1) is 7.70. The molecular formula is C14H26ClN. The molecular weight excluding hydrogens is 218 g/mol. The van der Waals surface area contributed by atoms with Crippen molar-refractivity contribution in [1.82, 2.24) is 4.90 Å². The van der Waals surface area contributed by atoms with Crippen LogP contribution in [0.15, 0.2) is 0 Å². The summed E-state index contributed by atoms with van der Waals surface area (Å²) in [5.41, 5.74) is 0. The maximum Gasteiger partial charge on any atom is 0.0235 e. The van der Waals surface area contributed by atoms with Crippen molar-refractivity contribution in [2.75, 3.05) is 19.0 Å². The summed E-state index contributed by atoms with van der Waals surface area (Å²) in [5.74, 6) is 3.94. The molecule has 2 saturated carbocycles. The Balaban J connectivity index is 1.81. The van der Waals surface area contributed by atoms with Crippen LogP contribution in [-0.2, 0) is 0 Å². The lowest BCUT2D eigenvalue weighted by molar-refractivity contribution is 0.158. The van der Waals surface area contributed by atoms with Gasteiger partial charge in [-0.25, -0.2) is 0 Å². The van der Waals surface area contributed by atoms with Crippen molar-refractivity contribution in [3.63, 3.8) is 0 Å². The first kappa shape index (κ1) is 12.7. The number of hydrogen-bond donors (Lipinski definition) is 0. The van der Waals surface area contributed by atoms with Gasteiger partial charge in [-0.2, -0.15) is 0 Å². The van der Waals surface area contributed by atoms with E-state index in [4.69, 9.17) is 11.6 Å². The van der Waals surface area contributed by atoms with E-state index in [0.29, 0.717) is 6.04 Å². The van der Waals surface area contributed by atoms with Crippen molar-refractivity contribution in [3.8, 4) is 0 Å². The summed E-state index contributed by atoms with van der Waals surface area (Å²) in [6.45, 7) is 7.16. The van der Waals surface area contributed by atoms with Gasteiger partial charge >= 0.3 is 0 Å². The molecule has 0 spiro atoms. The molecule has 2 aliphatic carbocycles. The zero-order valence-corrected chi connectivity index (χ0v) is 11.5. The average Bonchev–Trinajstić information content (AvgIpc) is 2.85. The molecule has 94 valence electrons. The summed E-state index contributed by atoms with van der Waals surface area (Å²) < 4.78 is 0. The molecule has 0 saturated heterocycles. The maximum absolute atomic E-state index is 5.80. The van der Waals surface area contributed by atoms with E-state index >= 15 is 0 Å². The first-order valence-corrected chi connectivity index (χ1v) is 7.54. The quantitative estimate of drug-likeness (QED) is 0.642. The lowest BCUT2D eigenvalue weighted by atomic mass is 9.88. The molecule has 0 aromatic heterocycles. The number of alkyl halides is 1. The van der Waals surface area contributed by atoms with Gasteiger partial charge in [0.1, 0.15) is 0 Å². The van der Waals surface area contributed by atoms with Gasteiger partial charge in [0.2, 0.25) is 0 Å². The van der Waals surface area contributed by atoms with E-state index in [0.717, 1.165) is 30.1 Å². The minimum Gasteiger partial charge on any atom is -0.301 e. The predicted molar refractivity (Wildman–Crippen MR) is 71.0 cm³/mol. The van der Waals surface area contributed by atoms with Crippen molar-refractivity contribution >= 4 is 11.6 Å². The van der Waals surface area contributed by atoms with Crippen LogP contribution < -0.4 is 0 Å². The van der Waals surface area contributed by atoms with Crippen LogP contribution in [0.3, 0.4) is 0 Å². The third kappa shape index (κ3) is 2.92. The molecule has 3 unspecified atom stereocenters. The number of fused-ring (bicyclic) bond motifs is 2. The second kappa shape index (κ2) is 5.73. The third-order valence-corrected chi connectivity index (χ3v) is 4.93. The summed E-state index contributed by atoms with van der Waals surface area (Å²) in [6, 6.07) is 0.683. The third-order valence-electron chi connectivity index (χ3n) is 4.66. The molecule has 0 heterocycles. The van der Waals surface area contributed by atoms with Crippen LogP contribution >= 0.6 is 11.6 Å². The lowest BCUT2D eigenvalue weighted by Crippen LogP contribution is -2.37. The normalized spacial score (nSPS) is 33.2. The van der Waals surface area contributed by atoms with Gasteiger partial charge in [0, 0.05) is 18.5 Å². The van der Waals surface area contributed by atoms with Gasteiger partial charge in [-0.3, -0.25) is 0 Å². The molecule has 16 heavy (non-hydrogen) atoms. The average molecular weight is 244 g/mol. The fourth-order valence-electron chi connectivity index (χ4n) is 3.72. The Morgan fingerprint density at radius 1 is 1.25 bits per heavy atom. The Morgan fingerprint density at radius 2 is 2.06 bits per heavy atom. The topological polar surface area (TPSA) is 3.24 Å². The highest BCUT2D eigenvalue weighted by Gasteiger charge is 2.39. The van der Waals surface area contributed by atoms with Crippen molar-refractivity contribution in [1.29, 1.82) is 0 Å². The van der Waals surface area contributed by atoms with Gasteiger partial charge < -0.3 is 4.90 Å².